The van der Waals surface area contributed by atoms with Crippen molar-refractivity contribution in [3.63, 3.8) is 0 Å². The van der Waals surface area contributed by atoms with Gasteiger partial charge in [-0.05, 0) is 36.8 Å². The Labute approximate surface area is 132 Å². The maximum Gasteiger partial charge on any atom is 0.253 e. The van der Waals surface area contributed by atoms with E-state index in [1.807, 2.05) is 31.2 Å². The summed E-state index contributed by atoms with van der Waals surface area (Å²) in [5.41, 5.74) is 7.75. The molecule has 1 amide bonds. The van der Waals surface area contributed by atoms with Crippen molar-refractivity contribution in [3.05, 3.63) is 58.1 Å². The number of halogens is 1. The Hall–Kier alpha value is -2.01. The number of anilines is 1. The first kappa shape index (κ1) is 15.4. The van der Waals surface area contributed by atoms with Gasteiger partial charge in [0.25, 0.3) is 5.91 Å². The minimum absolute atomic E-state index is 0.105. The molecule has 3 N–H and O–H groups in total. The van der Waals surface area contributed by atoms with Crippen LogP contribution in [0.4, 0.5) is 5.69 Å². The second-order valence-corrected chi connectivity index (χ2v) is 5.62. The van der Waals surface area contributed by atoms with E-state index in [0.29, 0.717) is 17.0 Å². The fourth-order valence-electron chi connectivity index (χ4n) is 1.98. The molecule has 5 heteroatoms. The molecule has 0 heterocycles. The average Bonchev–Trinajstić information content (AvgIpc) is 2.47. The molecular formula is C16H17BrN2O2. The van der Waals surface area contributed by atoms with Crippen LogP contribution in [0.25, 0.3) is 0 Å². The van der Waals surface area contributed by atoms with E-state index in [2.05, 4.69) is 21.2 Å². The number of nitrogens with two attached hydrogens (primary N) is 1. The third-order valence-corrected chi connectivity index (χ3v) is 3.75. The zero-order valence-electron chi connectivity index (χ0n) is 11.9. The monoisotopic (exact) mass is 348 g/mol. The Balaban J connectivity index is 2.12. The van der Waals surface area contributed by atoms with E-state index in [4.69, 9.17) is 10.5 Å². The highest BCUT2D eigenvalue weighted by Gasteiger charge is 2.14. The zero-order chi connectivity index (χ0) is 15.4. The molecule has 0 radical (unpaired) electrons. The summed E-state index contributed by atoms with van der Waals surface area (Å²) in [6, 6.07) is 12.7. The Kier molecular flexibility index (Phi) is 4.85. The number of rotatable bonds is 4. The Morgan fingerprint density at radius 3 is 2.48 bits per heavy atom. The van der Waals surface area contributed by atoms with Crippen molar-refractivity contribution in [2.45, 2.75) is 13.0 Å². The van der Waals surface area contributed by atoms with Gasteiger partial charge in [0, 0.05) is 16.2 Å². The van der Waals surface area contributed by atoms with Gasteiger partial charge in [0.2, 0.25) is 0 Å². The second kappa shape index (κ2) is 6.63. The van der Waals surface area contributed by atoms with Crippen LogP contribution in [0, 0.1) is 0 Å². The van der Waals surface area contributed by atoms with Crippen molar-refractivity contribution in [1.82, 2.24) is 5.32 Å². The van der Waals surface area contributed by atoms with Crippen molar-refractivity contribution in [2.75, 3.05) is 12.8 Å². The maximum atomic E-state index is 12.3. The van der Waals surface area contributed by atoms with Crippen LogP contribution in [0.3, 0.4) is 0 Å². The molecule has 0 unspecified atom stereocenters. The molecular weight excluding hydrogens is 332 g/mol. The van der Waals surface area contributed by atoms with Gasteiger partial charge in [0.15, 0.2) is 0 Å². The van der Waals surface area contributed by atoms with E-state index >= 15 is 0 Å². The Bertz CT molecular complexity index is 641. The number of methoxy groups -OCH3 is 1. The van der Waals surface area contributed by atoms with Crippen LogP contribution in [0.15, 0.2) is 46.9 Å². The topological polar surface area (TPSA) is 64.3 Å². The molecule has 0 saturated heterocycles. The lowest BCUT2D eigenvalue weighted by Gasteiger charge is -2.15. The molecule has 0 fully saturated rings. The first-order chi connectivity index (χ1) is 10.0. The molecule has 0 aliphatic heterocycles. The van der Waals surface area contributed by atoms with E-state index in [9.17, 15) is 4.79 Å². The van der Waals surface area contributed by atoms with Gasteiger partial charge in [-0.2, -0.15) is 0 Å². The van der Waals surface area contributed by atoms with E-state index in [1.165, 1.54) is 0 Å². The number of carbonyl (C=O) groups is 1. The van der Waals surface area contributed by atoms with Crippen molar-refractivity contribution < 1.29 is 9.53 Å². The molecule has 1 atom stereocenters. The average molecular weight is 349 g/mol. The molecule has 0 spiro atoms. The Morgan fingerprint density at radius 2 is 1.90 bits per heavy atom. The van der Waals surface area contributed by atoms with Crippen LogP contribution < -0.4 is 15.8 Å². The predicted molar refractivity (Wildman–Crippen MR) is 87.4 cm³/mol. The SMILES string of the molecule is COc1ccc(C(=O)N[C@H](C)c2ccc(Br)cc2)c(N)c1. The minimum Gasteiger partial charge on any atom is -0.497 e. The highest BCUT2D eigenvalue weighted by Crippen LogP contribution is 2.21. The fourth-order valence-corrected chi connectivity index (χ4v) is 2.25. The molecule has 2 rings (SSSR count). The van der Waals surface area contributed by atoms with Gasteiger partial charge >= 0.3 is 0 Å². The molecule has 0 saturated carbocycles. The molecule has 0 aliphatic rings. The number of ether oxygens (including phenoxy) is 1. The first-order valence-electron chi connectivity index (χ1n) is 6.51. The van der Waals surface area contributed by atoms with Gasteiger partial charge in [-0.3, -0.25) is 4.79 Å². The van der Waals surface area contributed by atoms with Gasteiger partial charge in [-0.15, -0.1) is 0 Å². The molecule has 0 aromatic heterocycles. The number of nitrogens with one attached hydrogen (secondary N) is 1. The number of hydrogen-bond acceptors (Lipinski definition) is 3. The largest absolute Gasteiger partial charge is 0.497 e. The standard InChI is InChI=1S/C16H17BrN2O2/c1-10(11-3-5-12(17)6-4-11)19-16(20)14-8-7-13(21-2)9-15(14)18/h3-10H,18H2,1-2H3,(H,19,20)/t10-/m1/s1. The lowest BCUT2D eigenvalue weighted by Crippen LogP contribution is -2.27. The number of benzene rings is 2. The number of carbonyl (C=O) groups excluding carboxylic acids is 1. The minimum atomic E-state index is -0.203. The van der Waals surface area contributed by atoms with Gasteiger partial charge in [0.05, 0.1) is 18.7 Å². The van der Waals surface area contributed by atoms with Gasteiger partial charge < -0.3 is 15.8 Å². The summed E-state index contributed by atoms with van der Waals surface area (Å²) in [4.78, 5) is 12.3. The highest BCUT2D eigenvalue weighted by atomic mass is 79.9. The number of hydrogen-bond donors (Lipinski definition) is 2. The Morgan fingerprint density at radius 1 is 1.24 bits per heavy atom. The molecule has 4 nitrogen and oxygen atoms in total. The summed E-state index contributed by atoms with van der Waals surface area (Å²) in [7, 11) is 1.56. The lowest BCUT2D eigenvalue weighted by atomic mass is 10.1. The van der Waals surface area contributed by atoms with Crippen molar-refractivity contribution in [2.24, 2.45) is 0 Å². The third-order valence-electron chi connectivity index (χ3n) is 3.22. The number of amides is 1. The van der Waals surface area contributed by atoms with Gasteiger partial charge in [-0.25, -0.2) is 0 Å². The van der Waals surface area contributed by atoms with Gasteiger partial charge in [-0.1, -0.05) is 28.1 Å². The third kappa shape index (κ3) is 3.76. The van der Waals surface area contributed by atoms with Crippen molar-refractivity contribution >= 4 is 27.5 Å². The second-order valence-electron chi connectivity index (χ2n) is 4.70. The van der Waals surface area contributed by atoms with Crippen molar-refractivity contribution in [1.29, 1.82) is 0 Å². The van der Waals surface area contributed by atoms with Crippen molar-refractivity contribution in [3.8, 4) is 5.75 Å². The molecule has 2 aromatic rings. The highest BCUT2D eigenvalue weighted by molar-refractivity contribution is 9.10. The summed E-state index contributed by atoms with van der Waals surface area (Å²) >= 11 is 3.39. The number of nitrogen functional groups attached to an aromatic ring is 1. The summed E-state index contributed by atoms with van der Waals surface area (Å²) in [5, 5.41) is 2.94. The van der Waals surface area contributed by atoms with E-state index in [0.717, 1.165) is 10.0 Å². The predicted octanol–water partition coefficient (Wildman–Crippen LogP) is 3.53. The molecule has 0 aliphatic carbocycles. The van der Waals surface area contributed by atoms with Crippen LogP contribution in [0.1, 0.15) is 28.9 Å². The summed E-state index contributed by atoms with van der Waals surface area (Å²) < 4.78 is 6.08. The quantitative estimate of drug-likeness (QED) is 0.830. The normalized spacial score (nSPS) is 11.8. The van der Waals surface area contributed by atoms with E-state index in [-0.39, 0.29) is 11.9 Å². The van der Waals surface area contributed by atoms with Crippen LogP contribution in [-0.4, -0.2) is 13.0 Å². The van der Waals surface area contributed by atoms with E-state index < -0.39 is 0 Å². The maximum absolute atomic E-state index is 12.3. The van der Waals surface area contributed by atoms with E-state index in [1.54, 1.807) is 25.3 Å². The van der Waals surface area contributed by atoms with Crippen LogP contribution >= 0.6 is 15.9 Å². The molecule has 0 bridgehead atoms. The molecule has 110 valence electrons. The fraction of sp³-hybridized carbons (Fsp3) is 0.188. The smallest absolute Gasteiger partial charge is 0.253 e. The summed E-state index contributed by atoms with van der Waals surface area (Å²) in [6.45, 7) is 1.93. The first-order valence-corrected chi connectivity index (χ1v) is 7.30. The van der Waals surface area contributed by atoms with Crippen LogP contribution in [0.2, 0.25) is 0 Å². The van der Waals surface area contributed by atoms with Gasteiger partial charge in [0.1, 0.15) is 5.75 Å². The zero-order valence-corrected chi connectivity index (χ0v) is 13.5. The summed E-state index contributed by atoms with van der Waals surface area (Å²) in [5.74, 6) is 0.426. The lowest BCUT2D eigenvalue weighted by molar-refractivity contribution is 0.0941. The molecule has 21 heavy (non-hydrogen) atoms. The van der Waals surface area contributed by atoms with Crippen LogP contribution in [-0.2, 0) is 0 Å². The summed E-state index contributed by atoms with van der Waals surface area (Å²) in [6.07, 6.45) is 0. The van der Waals surface area contributed by atoms with Crippen LogP contribution in [0.5, 0.6) is 5.75 Å². The molecule has 2 aromatic carbocycles.